The monoisotopic (exact) mass is 222 g/mol. The summed E-state index contributed by atoms with van der Waals surface area (Å²) < 4.78 is 0. The SMILES string of the molecule is N#CSCN1C(=O)C2CC=CCC2C1=O. The van der Waals surface area contributed by atoms with Crippen LogP contribution in [0, 0.1) is 22.5 Å². The van der Waals surface area contributed by atoms with Gasteiger partial charge >= 0.3 is 0 Å². The van der Waals surface area contributed by atoms with E-state index in [1.807, 2.05) is 17.6 Å². The summed E-state index contributed by atoms with van der Waals surface area (Å²) in [7, 11) is 0. The number of hydrogen-bond donors (Lipinski definition) is 0. The molecular weight excluding hydrogens is 212 g/mol. The molecule has 0 spiro atoms. The number of likely N-dealkylation sites (tertiary alicyclic amines) is 1. The van der Waals surface area contributed by atoms with Crippen LogP contribution in [0.5, 0.6) is 0 Å². The van der Waals surface area contributed by atoms with E-state index in [0.717, 1.165) is 11.8 Å². The number of imide groups is 1. The van der Waals surface area contributed by atoms with Crippen LogP contribution in [0.25, 0.3) is 0 Å². The number of rotatable bonds is 2. The van der Waals surface area contributed by atoms with Gasteiger partial charge in [-0.25, -0.2) is 0 Å². The predicted molar refractivity (Wildman–Crippen MR) is 55.3 cm³/mol. The molecule has 5 heteroatoms. The second-order valence-corrected chi connectivity index (χ2v) is 4.35. The Morgan fingerprint density at radius 2 is 1.87 bits per heavy atom. The molecule has 0 aromatic rings. The van der Waals surface area contributed by atoms with Crippen LogP contribution in [0.2, 0.25) is 0 Å². The molecule has 1 saturated heterocycles. The van der Waals surface area contributed by atoms with Crippen molar-refractivity contribution in [3.63, 3.8) is 0 Å². The zero-order chi connectivity index (χ0) is 10.8. The van der Waals surface area contributed by atoms with E-state index in [9.17, 15) is 9.59 Å². The molecule has 2 amide bonds. The quantitative estimate of drug-likeness (QED) is 0.399. The van der Waals surface area contributed by atoms with Crippen molar-refractivity contribution in [3.8, 4) is 5.40 Å². The van der Waals surface area contributed by atoms with Crippen LogP contribution in [-0.4, -0.2) is 22.6 Å². The molecule has 0 bridgehead atoms. The number of amides is 2. The smallest absolute Gasteiger partial charge is 0.234 e. The molecule has 15 heavy (non-hydrogen) atoms. The number of hydrogen-bond acceptors (Lipinski definition) is 4. The topological polar surface area (TPSA) is 61.2 Å². The van der Waals surface area contributed by atoms with E-state index in [-0.39, 0.29) is 29.5 Å². The first-order valence-electron chi connectivity index (χ1n) is 4.77. The van der Waals surface area contributed by atoms with Crippen molar-refractivity contribution in [1.82, 2.24) is 4.90 Å². The third kappa shape index (κ3) is 1.65. The average molecular weight is 222 g/mol. The van der Waals surface area contributed by atoms with E-state index in [4.69, 9.17) is 5.26 Å². The molecule has 2 rings (SSSR count). The Bertz CT molecular complexity index is 346. The summed E-state index contributed by atoms with van der Waals surface area (Å²) in [5, 5.41) is 10.3. The summed E-state index contributed by atoms with van der Waals surface area (Å²) in [6, 6.07) is 0. The number of carbonyl (C=O) groups is 2. The summed E-state index contributed by atoms with van der Waals surface area (Å²) in [4.78, 5) is 24.8. The van der Waals surface area contributed by atoms with Gasteiger partial charge in [0.1, 0.15) is 5.40 Å². The van der Waals surface area contributed by atoms with Gasteiger partial charge in [0.15, 0.2) is 0 Å². The van der Waals surface area contributed by atoms with E-state index in [1.54, 1.807) is 0 Å². The van der Waals surface area contributed by atoms with Gasteiger partial charge in [0.2, 0.25) is 11.8 Å². The lowest BCUT2D eigenvalue weighted by Gasteiger charge is -2.14. The molecule has 2 aliphatic rings. The summed E-state index contributed by atoms with van der Waals surface area (Å²) in [5.74, 6) is -0.418. The van der Waals surface area contributed by atoms with Crippen molar-refractivity contribution >= 4 is 23.6 Å². The highest BCUT2D eigenvalue weighted by atomic mass is 32.2. The first-order chi connectivity index (χ1) is 7.25. The zero-order valence-corrected chi connectivity index (χ0v) is 8.87. The Balaban J connectivity index is 2.14. The molecule has 1 heterocycles. The lowest BCUT2D eigenvalue weighted by Crippen LogP contribution is -2.30. The van der Waals surface area contributed by atoms with Gasteiger partial charge in [-0.2, -0.15) is 5.26 Å². The highest BCUT2D eigenvalue weighted by Crippen LogP contribution is 2.35. The maximum atomic E-state index is 11.8. The number of nitrogens with zero attached hydrogens (tertiary/aromatic N) is 2. The Hall–Kier alpha value is -1.28. The van der Waals surface area contributed by atoms with Crippen molar-refractivity contribution in [1.29, 1.82) is 5.26 Å². The predicted octanol–water partition coefficient (Wildman–Crippen LogP) is 1.11. The molecule has 78 valence electrons. The average Bonchev–Trinajstić information content (AvgIpc) is 2.51. The van der Waals surface area contributed by atoms with Gasteiger partial charge in [0.25, 0.3) is 0 Å². The molecule has 0 saturated carbocycles. The van der Waals surface area contributed by atoms with E-state index >= 15 is 0 Å². The molecule has 0 aromatic heterocycles. The van der Waals surface area contributed by atoms with Gasteiger partial charge in [-0.3, -0.25) is 14.5 Å². The fourth-order valence-corrected chi connectivity index (χ4v) is 2.53. The van der Waals surface area contributed by atoms with Crippen molar-refractivity contribution in [2.24, 2.45) is 11.8 Å². The highest BCUT2D eigenvalue weighted by molar-refractivity contribution is 8.03. The Morgan fingerprint density at radius 3 is 2.33 bits per heavy atom. The minimum absolute atomic E-state index is 0.114. The van der Waals surface area contributed by atoms with Gasteiger partial charge in [-0.1, -0.05) is 12.2 Å². The van der Waals surface area contributed by atoms with Crippen LogP contribution >= 0.6 is 11.8 Å². The minimum atomic E-state index is -0.179. The highest BCUT2D eigenvalue weighted by Gasteiger charge is 2.46. The Kier molecular flexibility index (Phi) is 2.78. The maximum absolute atomic E-state index is 11.8. The van der Waals surface area contributed by atoms with Crippen molar-refractivity contribution in [2.75, 3.05) is 5.88 Å². The fraction of sp³-hybridized carbons (Fsp3) is 0.500. The van der Waals surface area contributed by atoms with Crippen LogP contribution in [0.4, 0.5) is 0 Å². The number of thiocyanates is 1. The molecule has 1 aliphatic heterocycles. The first kappa shape index (κ1) is 10.2. The lowest BCUT2D eigenvalue weighted by molar-refractivity contribution is -0.138. The van der Waals surface area contributed by atoms with E-state index in [2.05, 4.69) is 0 Å². The molecule has 1 aliphatic carbocycles. The zero-order valence-electron chi connectivity index (χ0n) is 8.05. The van der Waals surface area contributed by atoms with Gasteiger partial charge in [-0.05, 0) is 24.6 Å². The van der Waals surface area contributed by atoms with Crippen molar-refractivity contribution in [2.45, 2.75) is 12.8 Å². The van der Waals surface area contributed by atoms with E-state index in [1.165, 1.54) is 4.90 Å². The number of nitriles is 1. The van der Waals surface area contributed by atoms with Gasteiger partial charge < -0.3 is 0 Å². The molecule has 2 atom stereocenters. The molecule has 0 N–H and O–H groups in total. The van der Waals surface area contributed by atoms with Crippen LogP contribution in [0.1, 0.15) is 12.8 Å². The van der Waals surface area contributed by atoms with Crippen LogP contribution in [-0.2, 0) is 9.59 Å². The second kappa shape index (κ2) is 4.07. The van der Waals surface area contributed by atoms with Gasteiger partial charge in [-0.15, -0.1) is 0 Å². The molecule has 1 fully saturated rings. The van der Waals surface area contributed by atoms with Gasteiger partial charge in [0, 0.05) is 0 Å². The molecular formula is C10H10N2O2S. The summed E-state index contributed by atoms with van der Waals surface area (Å²) in [6.45, 7) is 0. The number of thioether (sulfide) groups is 1. The number of fused-ring (bicyclic) bond motifs is 1. The summed E-state index contributed by atoms with van der Waals surface area (Å²) in [5.41, 5.74) is 0. The Morgan fingerprint density at radius 1 is 1.33 bits per heavy atom. The maximum Gasteiger partial charge on any atom is 0.234 e. The molecule has 0 radical (unpaired) electrons. The normalized spacial score (nSPS) is 29.1. The first-order valence-corrected chi connectivity index (χ1v) is 5.75. The third-order valence-electron chi connectivity index (χ3n) is 2.86. The van der Waals surface area contributed by atoms with E-state index in [0.29, 0.717) is 12.8 Å². The molecule has 0 aromatic carbocycles. The van der Waals surface area contributed by atoms with Crippen LogP contribution in [0.3, 0.4) is 0 Å². The fourth-order valence-electron chi connectivity index (χ4n) is 2.09. The Labute approximate surface area is 91.9 Å². The number of allylic oxidation sites excluding steroid dienone is 2. The standard InChI is InChI=1S/C10H10N2O2S/c11-5-15-6-12-9(13)7-3-1-2-4-8(7)10(12)14/h1-2,7-8H,3-4,6H2. The molecule has 4 nitrogen and oxygen atoms in total. The van der Waals surface area contributed by atoms with Crippen molar-refractivity contribution in [3.05, 3.63) is 12.2 Å². The number of carbonyl (C=O) groups excluding carboxylic acids is 2. The summed E-state index contributed by atoms with van der Waals surface area (Å²) in [6.07, 6.45) is 5.21. The van der Waals surface area contributed by atoms with Crippen LogP contribution in [0.15, 0.2) is 12.2 Å². The lowest BCUT2D eigenvalue weighted by atomic mass is 9.85. The van der Waals surface area contributed by atoms with Gasteiger partial charge in [0.05, 0.1) is 17.7 Å². The third-order valence-corrected chi connectivity index (χ3v) is 3.37. The van der Waals surface area contributed by atoms with Crippen molar-refractivity contribution < 1.29 is 9.59 Å². The van der Waals surface area contributed by atoms with E-state index < -0.39 is 0 Å². The van der Waals surface area contributed by atoms with Crippen LogP contribution < -0.4 is 0 Å². The minimum Gasteiger partial charge on any atom is -0.274 e. The second-order valence-electron chi connectivity index (χ2n) is 3.63. The largest absolute Gasteiger partial charge is 0.274 e. The summed E-state index contributed by atoms with van der Waals surface area (Å²) >= 11 is 0.928. The molecule has 2 unspecified atom stereocenters.